The second-order valence-corrected chi connectivity index (χ2v) is 13.3. The number of hydrogen-bond acceptors (Lipinski definition) is 11. The van der Waals surface area contributed by atoms with Crippen LogP contribution >= 0.6 is 0 Å². The molecule has 4 rings (SSSR count). The highest BCUT2D eigenvalue weighted by molar-refractivity contribution is 5.89. The predicted octanol–water partition coefficient (Wildman–Crippen LogP) is 4.38. The van der Waals surface area contributed by atoms with Gasteiger partial charge >= 0.3 is 23.9 Å². The van der Waals surface area contributed by atoms with Crippen molar-refractivity contribution < 1.29 is 52.4 Å². The number of rotatable bonds is 10. The van der Waals surface area contributed by atoms with Gasteiger partial charge in [0.2, 0.25) is 0 Å². The van der Waals surface area contributed by atoms with Crippen LogP contribution in [-0.2, 0) is 38.1 Å². The number of carbonyl (C=O) groups is 4. The van der Waals surface area contributed by atoms with E-state index in [0.717, 1.165) is 0 Å². The van der Waals surface area contributed by atoms with Crippen molar-refractivity contribution >= 4 is 23.9 Å². The first-order valence-electron chi connectivity index (χ1n) is 15.2. The van der Waals surface area contributed by atoms with E-state index >= 15 is 0 Å². The minimum Gasteiger partial charge on any atom is -0.472 e. The van der Waals surface area contributed by atoms with E-state index in [1.807, 2.05) is 27.7 Å². The molecule has 3 fully saturated rings. The minimum atomic E-state index is -1.69. The molecule has 240 valence electrons. The Balaban J connectivity index is 1.97. The Morgan fingerprint density at radius 2 is 1.63 bits per heavy atom. The monoisotopic (exact) mass is 606 g/mol. The third-order valence-electron chi connectivity index (χ3n) is 10.2. The van der Waals surface area contributed by atoms with Crippen LogP contribution in [0.3, 0.4) is 0 Å². The van der Waals surface area contributed by atoms with E-state index in [2.05, 4.69) is 0 Å². The first-order valence-corrected chi connectivity index (χ1v) is 15.2. The topological polar surface area (TPSA) is 148 Å². The molecule has 11 heteroatoms. The van der Waals surface area contributed by atoms with Gasteiger partial charge in [0.05, 0.1) is 34.9 Å². The van der Waals surface area contributed by atoms with Crippen LogP contribution in [0, 0.1) is 23.2 Å². The largest absolute Gasteiger partial charge is 0.472 e. The average molecular weight is 607 g/mol. The van der Waals surface area contributed by atoms with Crippen molar-refractivity contribution in [3.8, 4) is 0 Å². The summed E-state index contributed by atoms with van der Waals surface area (Å²) in [6.45, 7) is 13.3. The van der Waals surface area contributed by atoms with Gasteiger partial charge in [0.25, 0.3) is 0 Å². The maximum absolute atomic E-state index is 13.5. The SMILES string of the molecule is CC[C@H](C)C(=O)O[C@H]1C[C@](C)(O)[C@@]23C[C@@H](C[C@H](OC(=O)c4ccoc4)[C@]2(COC(C)=O)[C@H]1OC(=O)[C@@H](C)CC)C(C)(C)O3. The Kier molecular flexibility index (Phi) is 9.11. The highest BCUT2D eigenvalue weighted by Crippen LogP contribution is 2.68. The second-order valence-electron chi connectivity index (χ2n) is 13.3. The zero-order valence-corrected chi connectivity index (χ0v) is 26.5. The van der Waals surface area contributed by atoms with Gasteiger partial charge in [-0.15, -0.1) is 0 Å². The van der Waals surface area contributed by atoms with Gasteiger partial charge in [-0.1, -0.05) is 27.7 Å². The van der Waals surface area contributed by atoms with Crippen LogP contribution in [0.5, 0.6) is 0 Å². The molecular weight excluding hydrogens is 560 g/mol. The predicted molar refractivity (Wildman–Crippen MR) is 152 cm³/mol. The Labute approximate surface area is 252 Å². The van der Waals surface area contributed by atoms with Gasteiger partial charge in [-0.2, -0.15) is 0 Å². The van der Waals surface area contributed by atoms with E-state index in [1.165, 1.54) is 25.5 Å². The van der Waals surface area contributed by atoms with Gasteiger partial charge in [0.1, 0.15) is 36.1 Å². The number of carbonyl (C=O) groups excluding carboxylic acids is 4. The lowest BCUT2D eigenvalue weighted by atomic mass is 9.47. The fourth-order valence-electron chi connectivity index (χ4n) is 7.16. The molecule has 1 spiro atoms. The van der Waals surface area contributed by atoms with Gasteiger partial charge in [-0.3, -0.25) is 14.4 Å². The molecule has 1 saturated heterocycles. The van der Waals surface area contributed by atoms with Crippen LogP contribution in [0.2, 0.25) is 0 Å². The molecule has 2 heterocycles. The van der Waals surface area contributed by atoms with E-state index in [4.69, 9.17) is 28.1 Å². The summed E-state index contributed by atoms with van der Waals surface area (Å²) in [7, 11) is 0. The molecule has 1 aliphatic heterocycles. The smallest absolute Gasteiger partial charge is 0.341 e. The van der Waals surface area contributed by atoms with Crippen molar-refractivity contribution in [3.05, 3.63) is 24.2 Å². The van der Waals surface area contributed by atoms with Crippen molar-refractivity contribution in [2.24, 2.45) is 23.2 Å². The number of furan rings is 1. The molecule has 0 radical (unpaired) electrons. The highest BCUT2D eigenvalue weighted by atomic mass is 16.6. The summed E-state index contributed by atoms with van der Waals surface area (Å²) in [5, 5.41) is 12.4. The van der Waals surface area contributed by atoms with Crippen LogP contribution in [-0.4, -0.2) is 70.7 Å². The van der Waals surface area contributed by atoms with Crippen LogP contribution in [0.1, 0.15) is 97.9 Å². The molecule has 0 amide bonds. The van der Waals surface area contributed by atoms with E-state index in [-0.39, 0.29) is 24.3 Å². The minimum absolute atomic E-state index is 0.124. The first-order chi connectivity index (χ1) is 20.0. The molecule has 2 bridgehead atoms. The quantitative estimate of drug-likeness (QED) is 0.299. The lowest BCUT2D eigenvalue weighted by Gasteiger charge is -2.64. The fourth-order valence-corrected chi connectivity index (χ4v) is 7.16. The first kappa shape index (κ1) is 33.0. The molecule has 1 aromatic rings. The number of hydrogen-bond donors (Lipinski definition) is 1. The zero-order chi connectivity index (χ0) is 32.0. The number of esters is 4. The Bertz CT molecular complexity index is 1200. The van der Waals surface area contributed by atoms with Crippen molar-refractivity contribution in [3.63, 3.8) is 0 Å². The summed E-state index contributed by atoms with van der Waals surface area (Å²) in [4.78, 5) is 52.6. The molecule has 2 saturated carbocycles. The number of aliphatic hydroxyl groups is 1. The van der Waals surface area contributed by atoms with Gasteiger partial charge < -0.3 is 33.2 Å². The van der Waals surface area contributed by atoms with Crippen molar-refractivity contribution in [1.29, 1.82) is 0 Å². The van der Waals surface area contributed by atoms with Gasteiger partial charge in [-0.25, -0.2) is 4.79 Å². The Morgan fingerprint density at radius 3 is 2.19 bits per heavy atom. The van der Waals surface area contributed by atoms with E-state index in [0.29, 0.717) is 19.3 Å². The standard InChI is InChI=1S/C32H46O11/c1-9-18(3)26(34)40-23-15-30(8,37)32-14-22(29(6,7)43-32)13-24(41-28(36)21-11-12-38-16-21)31(32,17-39-20(5)33)25(23)42-27(35)19(4)10-2/h11-12,16,18-19,22-25,37H,9-10,13-15,17H2,1-8H3/t18-,19-,22+,23-,24-,25-,30-,31+,32-/m0/s1. The normalized spacial score (nSPS) is 35.7. The summed E-state index contributed by atoms with van der Waals surface area (Å²) in [6, 6.07) is 1.46. The molecule has 0 unspecified atom stereocenters. The van der Waals surface area contributed by atoms with Gasteiger partial charge in [0.15, 0.2) is 6.10 Å². The third kappa shape index (κ3) is 5.59. The molecule has 43 heavy (non-hydrogen) atoms. The summed E-state index contributed by atoms with van der Waals surface area (Å²) >= 11 is 0. The highest BCUT2D eigenvalue weighted by Gasteiger charge is 2.81. The van der Waals surface area contributed by atoms with Crippen LogP contribution in [0.25, 0.3) is 0 Å². The second kappa shape index (κ2) is 11.9. The molecule has 3 aliphatic rings. The molecule has 9 atom stereocenters. The Hall–Kier alpha value is -2.92. The van der Waals surface area contributed by atoms with Gasteiger partial charge in [-0.05, 0) is 58.4 Å². The molecule has 1 aromatic heterocycles. The van der Waals surface area contributed by atoms with Crippen LogP contribution in [0.15, 0.2) is 23.0 Å². The lowest BCUT2D eigenvalue weighted by molar-refractivity contribution is -0.338. The van der Waals surface area contributed by atoms with Crippen LogP contribution in [0.4, 0.5) is 0 Å². The average Bonchev–Trinajstić information content (AvgIpc) is 3.55. The van der Waals surface area contributed by atoms with Gasteiger partial charge in [0, 0.05) is 13.3 Å². The number of ether oxygens (including phenoxy) is 5. The molecule has 1 N–H and O–H groups in total. The third-order valence-corrected chi connectivity index (χ3v) is 10.2. The summed E-state index contributed by atoms with van der Waals surface area (Å²) in [5.74, 6) is -3.59. The molecule has 11 nitrogen and oxygen atoms in total. The maximum atomic E-state index is 13.5. The Morgan fingerprint density at radius 1 is 1.00 bits per heavy atom. The van der Waals surface area contributed by atoms with Crippen molar-refractivity contribution in [2.75, 3.05) is 6.61 Å². The summed E-state index contributed by atoms with van der Waals surface area (Å²) in [6.07, 6.45) is 0.471. The fraction of sp³-hybridized carbons (Fsp3) is 0.750. The number of fused-ring (bicyclic) bond motifs is 1. The zero-order valence-electron chi connectivity index (χ0n) is 26.5. The van der Waals surface area contributed by atoms with Crippen molar-refractivity contribution in [2.45, 2.75) is 123 Å². The van der Waals surface area contributed by atoms with E-state index in [9.17, 15) is 24.3 Å². The van der Waals surface area contributed by atoms with Crippen molar-refractivity contribution in [1.82, 2.24) is 0 Å². The summed E-state index contributed by atoms with van der Waals surface area (Å²) < 4.78 is 36.2. The van der Waals surface area contributed by atoms with E-state index < -0.39 is 82.8 Å². The maximum Gasteiger partial charge on any atom is 0.341 e. The molecule has 2 aliphatic carbocycles. The lowest BCUT2D eigenvalue weighted by Crippen LogP contribution is -2.80. The van der Waals surface area contributed by atoms with E-state index in [1.54, 1.807) is 20.8 Å². The summed E-state index contributed by atoms with van der Waals surface area (Å²) in [5.41, 5.74) is -5.52. The van der Waals surface area contributed by atoms with Crippen LogP contribution < -0.4 is 0 Å². The molecular formula is C32H46O11. The molecule has 0 aromatic carbocycles.